The van der Waals surface area contributed by atoms with E-state index in [-0.39, 0.29) is 17.3 Å². The van der Waals surface area contributed by atoms with Gasteiger partial charge in [-0.05, 0) is 30.0 Å². The van der Waals surface area contributed by atoms with Crippen molar-refractivity contribution in [3.63, 3.8) is 0 Å². The molecule has 96 valence electrons. The molecular weight excluding hydrogens is 213 g/mol. The third kappa shape index (κ3) is 3.53. The second kappa shape index (κ2) is 5.63. The molecule has 0 aliphatic carbocycles. The van der Waals surface area contributed by atoms with Crippen LogP contribution in [0, 0.1) is 11.7 Å². The number of hydrogen-bond donors (Lipinski definition) is 1. The molecule has 0 aliphatic heterocycles. The Balaban J connectivity index is 2.82. The molecule has 0 aliphatic rings. The fourth-order valence-corrected chi connectivity index (χ4v) is 1.99. The van der Waals surface area contributed by atoms with Crippen LogP contribution in [0.2, 0.25) is 0 Å². The zero-order valence-corrected chi connectivity index (χ0v) is 11.3. The van der Waals surface area contributed by atoms with Crippen LogP contribution in [0.15, 0.2) is 24.3 Å². The van der Waals surface area contributed by atoms with Gasteiger partial charge in [-0.15, -0.1) is 0 Å². The Morgan fingerprint density at radius 3 is 2.24 bits per heavy atom. The quantitative estimate of drug-likeness (QED) is 0.826. The molecule has 0 radical (unpaired) electrons. The van der Waals surface area contributed by atoms with Crippen molar-refractivity contribution in [2.75, 3.05) is 0 Å². The van der Waals surface area contributed by atoms with Gasteiger partial charge in [0.2, 0.25) is 0 Å². The molecule has 0 aromatic heterocycles. The normalized spacial score (nSPS) is 15.6. The lowest BCUT2D eigenvalue weighted by atomic mass is 9.75. The summed E-state index contributed by atoms with van der Waals surface area (Å²) in [5.41, 5.74) is 7.30. The second-order valence-corrected chi connectivity index (χ2v) is 5.58. The highest BCUT2D eigenvalue weighted by atomic mass is 19.1. The topological polar surface area (TPSA) is 26.0 Å². The Morgan fingerprint density at radius 2 is 1.76 bits per heavy atom. The van der Waals surface area contributed by atoms with E-state index in [0.29, 0.717) is 5.92 Å². The molecule has 1 nitrogen and oxygen atoms in total. The lowest BCUT2D eigenvalue weighted by Crippen LogP contribution is -2.41. The molecule has 2 N–H and O–H groups in total. The zero-order chi connectivity index (χ0) is 13.1. The molecule has 1 rings (SSSR count). The highest BCUT2D eigenvalue weighted by molar-refractivity contribution is 5.26. The first-order valence-electron chi connectivity index (χ1n) is 6.39. The van der Waals surface area contributed by atoms with Crippen molar-refractivity contribution in [3.8, 4) is 0 Å². The van der Waals surface area contributed by atoms with Crippen LogP contribution in [0.25, 0.3) is 0 Å². The maximum absolute atomic E-state index is 12.9. The maximum Gasteiger partial charge on any atom is 0.123 e. The van der Waals surface area contributed by atoms with Gasteiger partial charge in [-0.2, -0.15) is 0 Å². The van der Waals surface area contributed by atoms with Crippen molar-refractivity contribution >= 4 is 0 Å². The van der Waals surface area contributed by atoms with Crippen molar-refractivity contribution in [1.82, 2.24) is 0 Å². The smallest absolute Gasteiger partial charge is 0.123 e. The molecule has 1 aromatic rings. The van der Waals surface area contributed by atoms with E-state index in [1.165, 1.54) is 12.1 Å². The molecule has 2 unspecified atom stereocenters. The molecule has 0 spiro atoms. The molecule has 0 saturated carbocycles. The Labute approximate surface area is 104 Å². The first kappa shape index (κ1) is 14.2. The zero-order valence-electron chi connectivity index (χ0n) is 11.3. The van der Waals surface area contributed by atoms with Crippen LogP contribution >= 0.6 is 0 Å². The van der Waals surface area contributed by atoms with Gasteiger partial charge < -0.3 is 5.73 Å². The minimum Gasteiger partial charge on any atom is -0.327 e. The summed E-state index contributed by atoms with van der Waals surface area (Å²) in [6.07, 6.45) is 2.15. The first-order chi connectivity index (χ1) is 7.87. The number of rotatable bonds is 5. The van der Waals surface area contributed by atoms with E-state index in [9.17, 15) is 4.39 Å². The number of hydrogen-bond acceptors (Lipinski definition) is 1. The highest BCUT2D eigenvalue weighted by Crippen LogP contribution is 2.29. The molecule has 0 heterocycles. The third-order valence-corrected chi connectivity index (χ3v) is 3.87. The van der Waals surface area contributed by atoms with Gasteiger partial charge in [-0.3, -0.25) is 0 Å². The van der Waals surface area contributed by atoms with Crippen LogP contribution in [0.3, 0.4) is 0 Å². The predicted octanol–water partition coefficient (Wildman–Crippen LogP) is 3.87. The molecule has 0 fully saturated rings. The average molecular weight is 237 g/mol. The van der Waals surface area contributed by atoms with E-state index >= 15 is 0 Å². The van der Waals surface area contributed by atoms with Crippen molar-refractivity contribution in [2.45, 2.75) is 52.0 Å². The monoisotopic (exact) mass is 237 g/mol. The SMILES string of the molecule is CCC(C)CC(N)C(C)(C)c1ccc(F)cc1. The van der Waals surface area contributed by atoms with Crippen molar-refractivity contribution in [2.24, 2.45) is 11.7 Å². The van der Waals surface area contributed by atoms with Gasteiger partial charge in [-0.1, -0.05) is 46.2 Å². The summed E-state index contributed by atoms with van der Waals surface area (Å²) < 4.78 is 12.9. The summed E-state index contributed by atoms with van der Waals surface area (Å²) in [7, 11) is 0. The fraction of sp³-hybridized carbons (Fsp3) is 0.600. The summed E-state index contributed by atoms with van der Waals surface area (Å²) in [6, 6.07) is 6.79. The van der Waals surface area contributed by atoms with Gasteiger partial charge in [0.05, 0.1) is 0 Å². The van der Waals surface area contributed by atoms with Crippen molar-refractivity contribution in [3.05, 3.63) is 35.6 Å². The number of nitrogens with two attached hydrogens (primary N) is 1. The second-order valence-electron chi connectivity index (χ2n) is 5.58. The minimum absolute atomic E-state index is 0.0999. The summed E-state index contributed by atoms with van der Waals surface area (Å²) >= 11 is 0. The third-order valence-electron chi connectivity index (χ3n) is 3.87. The van der Waals surface area contributed by atoms with Crippen LogP contribution in [0.5, 0.6) is 0 Å². The van der Waals surface area contributed by atoms with Crippen LogP contribution < -0.4 is 5.73 Å². The Bertz CT molecular complexity index is 342. The van der Waals surface area contributed by atoms with Gasteiger partial charge in [0, 0.05) is 11.5 Å². The van der Waals surface area contributed by atoms with E-state index < -0.39 is 0 Å². The van der Waals surface area contributed by atoms with Gasteiger partial charge in [0.15, 0.2) is 0 Å². The summed E-state index contributed by atoms with van der Waals surface area (Å²) in [5, 5.41) is 0. The molecular formula is C15H24FN. The van der Waals surface area contributed by atoms with E-state index in [1.54, 1.807) is 0 Å². The standard InChI is InChI=1S/C15H24FN/c1-5-11(2)10-14(17)15(3,4)12-6-8-13(16)9-7-12/h6-9,11,14H,5,10,17H2,1-4H3. The molecule has 0 bridgehead atoms. The largest absolute Gasteiger partial charge is 0.327 e. The van der Waals surface area contributed by atoms with Crippen LogP contribution in [-0.4, -0.2) is 6.04 Å². The molecule has 0 amide bonds. The number of benzene rings is 1. The lowest BCUT2D eigenvalue weighted by Gasteiger charge is -2.33. The molecule has 1 aromatic carbocycles. The Morgan fingerprint density at radius 1 is 1.24 bits per heavy atom. The first-order valence-corrected chi connectivity index (χ1v) is 6.39. The Hall–Kier alpha value is -0.890. The van der Waals surface area contributed by atoms with Crippen LogP contribution in [-0.2, 0) is 5.41 Å². The molecule has 2 atom stereocenters. The average Bonchev–Trinajstić information content (AvgIpc) is 2.29. The van der Waals surface area contributed by atoms with Crippen LogP contribution in [0.4, 0.5) is 4.39 Å². The summed E-state index contributed by atoms with van der Waals surface area (Å²) in [4.78, 5) is 0. The summed E-state index contributed by atoms with van der Waals surface area (Å²) in [6.45, 7) is 8.67. The highest BCUT2D eigenvalue weighted by Gasteiger charge is 2.29. The van der Waals surface area contributed by atoms with E-state index in [0.717, 1.165) is 18.4 Å². The van der Waals surface area contributed by atoms with Crippen LogP contribution in [0.1, 0.15) is 46.1 Å². The maximum atomic E-state index is 12.9. The lowest BCUT2D eigenvalue weighted by molar-refractivity contribution is 0.336. The van der Waals surface area contributed by atoms with Gasteiger partial charge >= 0.3 is 0 Å². The van der Waals surface area contributed by atoms with Crippen molar-refractivity contribution < 1.29 is 4.39 Å². The molecule has 0 saturated heterocycles. The van der Waals surface area contributed by atoms with E-state index in [1.807, 2.05) is 12.1 Å². The Kier molecular flexibility index (Phi) is 4.70. The number of halogens is 1. The van der Waals surface area contributed by atoms with Crippen molar-refractivity contribution in [1.29, 1.82) is 0 Å². The summed E-state index contributed by atoms with van der Waals surface area (Å²) in [5.74, 6) is 0.435. The van der Waals surface area contributed by atoms with Gasteiger partial charge in [0.25, 0.3) is 0 Å². The van der Waals surface area contributed by atoms with Gasteiger partial charge in [0.1, 0.15) is 5.82 Å². The van der Waals surface area contributed by atoms with E-state index in [4.69, 9.17) is 5.73 Å². The fourth-order valence-electron chi connectivity index (χ4n) is 1.99. The minimum atomic E-state index is -0.194. The predicted molar refractivity (Wildman–Crippen MR) is 71.5 cm³/mol. The van der Waals surface area contributed by atoms with E-state index in [2.05, 4.69) is 27.7 Å². The van der Waals surface area contributed by atoms with Gasteiger partial charge in [-0.25, -0.2) is 4.39 Å². The molecule has 17 heavy (non-hydrogen) atoms. The molecule has 2 heteroatoms.